The van der Waals surface area contributed by atoms with E-state index in [1.807, 2.05) is 61.5 Å². The molecule has 166 valence electrons. The minimum Gasteiger partial charge on any atom is -0.493 e. The van der Waals surface area contributed by atoms with E-state index in [1.165, 1.54) is 13.2 Å². The quantitative estimate of drug-likeness (QED) is 0.349. The van der Waals surface area contributed by atoms with Crippen LogP contribution in [0.25, 0.3) is 6.08 Å². The smallest absolute Gasteiger partial charge is 0.268 e. The van der Waals surface area contributed by atoms with Crippen molar-refractivity contribution in [2.75, 3.05) is 18.6 Å². The number of nitriles is 1. The lowest BCUT2D eigenvalue weighted by molar-refractivity contribution is -0.114. The molecule has 0 N–H and O–H groups in total. The molecule has 0 saturated carbocycles. The van der Waals surface area contributed by atoms with Gasteiger partial charge in [-0.2, -0.15) is 5.26 Å². The summed E-state index contributed by atoms with van der Waals surface area (Å²) in [6.45, 7) is 2.91. The van der Waals surface area contributed by atoms with E-state index < -0.39 is 0 Å². The fourth-order valence-electron chi connectivity index (χ4n) is 3.89. The number of methoxy groups -OCH3 is 1. The van der Waals surface area contributed by atoms with E-state index in [0.717, 1.165) is 28.8 Å². The van der Waals surface area contributed by atoms with Gasteiger partial charge in [-0.25, -0.2) is 0 Å². The van der Waals surface area contributed by atoms with Crippen LogP contribution in [0.15, 0.2) is 66.2 Å². The Morgan fingerprint density at radius 1 is 1.18 bits per heavy atom. The number of carbonyl (C=O) groups excluding carboxylic acids is 1. The molecule has 3 aromatic rings. The first-order chi connectivity index (χ1) is 16.0. The van der Waals surface area contributed by atoms with Crippen molar-refractivity contribution in [1.29, 1.82) is 5.26 Å². The van der Waals surface area contributed by atoms with E-state index in [9.17, 15) is 10.1 Å². The lowest BCUT2D eigenvalue weighted by atomic mass is 10.1. The Morgan fingerprint density at radius 2 is 1.94 bits per heavy atom. The first-order valence-electron chi connectivity index (χ1n) is 10.6. The number of fused-ring (bicyclic) bond motifs is 1. The van der Waals surface area contributed by atoms with Crippen molar-refractivity contribution in [3.8, 4) is 17.6 Å². The second-order valence-corrected chi connectivity index (χ2v) is 8.16. The number of rotatable bonds is 6. The van der Waals surface area contributed by atoms with Crippen molar-refractivity contribution in [2.24, 2.45) is 0 Å². The topological polar surface area (TPSA) is 62.6 Å². The SMILES string of the molecule is COc1cc(C=C(C#N)C(=O)N2CCc3ccccc32)cc(Cl)c1OCc1ccccc1C. The molecule has 1 aliphatic rings. The lowest BCUT2D eigenvalue weighted by Crippen LogP contribution is -2.29. The van der Waals surface area contributed by atoms with Gasteiger partial charge in [0.15, 0.2) is 11.5 Å². The molecule has 0 unspecified atom stereocenters. The normalized spacial score (nSPS) is 12.8. The summed E-state index contributed by atoms with van der Waals surface area (Å²) in [6, 6.07) is 21.1. The van der Waals surface area contributed by atoms with Gasteiger partial charge in [0.2, 0.25) is 0 Å². The molecule has 33 heavy (non-hydrogen) atoms. The Morgan fingerprint density at radius 3 is 2.70 bits per heavy atom. The molecule has 1 heterocycles. The minimum absolute atomic E-state index is 0.0263. The minimum atomic E-state index is -0.336. The van der Waals surface area contributed by atoms with E-state index in [-0.39, 0.29) is 11.5 Å². The average Bonchev–Trinajstić information content (AvgIpc) is 3.26. The molecule has 0 atom stereocenters. The third-order valence-corrected chi connectivity index (χ3v) is 5.96. The number of aryl methyl sites for hydroxylation is 1. The predicted molar refractivity (Wildman–Crippen MR) is 130 cm³/mol. The zero-order valence-electron chi connectivity index (χ0n) is 18.5. The van der Waals surface area contributed by atoms with Gasteiger partial charge in [-0.15, -0.1) is 0 Å². The van der Waals surface area contributed by atoms with Crippen LogP contribution in [0.3, 0.4) is 0 Å². The van der Waals surface area contributed by atoms with E-state index in [2.05, 4.69) is 0 Å². The van der Waals surface area contributed by atoms with Gasteiger partial charge in [-0.3, -0.25) is 4.79 Å². The Balaban J connectivity index is 1.59. The van der Waals surface area contributed by atoms with Crippen LogP contribution in [-0.2, 0) is 17.8 Å². The first kappa shape index (κ1) is 22.4. The monoisotopic (exact) mass is 458 g/mol. The molecule has 0 fully saturated rings. The summed E-state index contributed by atoms with van der Waals surface area (Å²) in [5.74, 6) is 0.508. The molecule has 0 radical (unpaired) electrons. The summed E-state index contributed by atoms with van der Waals surface area (Å²) in [4.78, 5) is 14.7. The third-order valence-electron chi connectivity index (χ3n) is 5.68. The Bertz CT molecular complexity index is 1280. The molecule has 0 bridgehead atoms. The Labute approximate surface area is 198 Å². The number of para-hydroxylation sites is 1. The van der Waals surface area contributed by atoms with Gasteiger partial charge in [0.05, 0.1) is 12.1 Å². The van der Waals surface area contributed by atoms with Crippen molar-refractivity contribution in [2.45, 2.75) is 20.0 Å². The van der Waals surface area contributed by atoms with E-state index in [4.69, 9.17) is 21.1 Å². The number of hydrogen-bond donors (Lipinski definition) is 0. The number of anilines is 1. The second kappa shape index (κ2) is 9.81. The van der Waals surface area contributed by atoms with Crippen LogP contribution in [-0.4, -0.2) is 19.6 Å². The first-order valence-corrected chi connectivity index (χ1v) is 11.0. The standard InChI is InChI=1S/C27H23ClN2O3/c1-18-7-3-4-9-21(18)17-33-26-23(28)14-19(15-25(26)32-2)13-22(16-29)27(31)30-12-11-20-8-5-6-10-24(20)30/h3-10,13-15H,11-12,17H2,1-2H3. The maximum absolute atomic E-state index is 13.1. The van der Waals surface area contributed by atoms with Gasteiger partial charge >= 0.3 is 0 Å². The summed E-state index contributed by atoms with van der Waals surface area (Å²) >= 11 is 6.51. The highest BCUT2D eigenvalue weighted by molar-refractivity contribution is 6.32. The van der Waals surface area contributed by atoms with E-state index in [0.29, 0.717) is 35.2 Å². The van der Waals surface area contributed by atoms with Crippen LogP contribution in [0.2, 0.25) is 5.02 Å². The zero-order chi connectivity index (χ0) is 23.4. The molecule has 5 nitrogen and oxygen atoms in total. The van der Waals surface area contributed by atoms with Gasteiger partial charge in [0.1, 0.15) is 18.2 Å². The lowest BCUT2D eigenvalue weighted by Gasteiger charge is -2.17. The average molecular weight is 459 g/mol. The number of halogens is 1. The van der Waals surface area contributed by atoms with Crippen molar-refractivity contribution >= 4 is 29.3 Å². The molecule has 4 rings (SSSR count). The number of carbonyl (C=O) groups is 1. The Kier molecular flexibility index (Phi) is 6.67. The summed E-state index contributed by atoms with van der Waals surface area (Å²) in [7, 11) is 1.53. The third kappa shape index (κ3) is 4.72. The molecule has 0 saturated heterocycles. The highest BCUT2D eigenvalue weighted by atomic mass is 35.5. The van der Waals surface area contributed by atoms with Crippen LogP contribution in [0.4, 0.5) is 5.69 Å². The summed E-state index contributed by atoms with van der Waals surface area (Å²) in [5.41, 5.74) is 4.72. The van der Waals surface area contributed by atoms with Gasteiger partial charge in [-0.1, -0.05) is 54.1 Å². The number of amides is 1. The number of benzene rings is 3. The molecular formula is C27H23ClN2O3. The summed E-state index contributed by atoms with van der Waals surface area (Å²) in [5, 5.41) is 10.0. The van der Waals surface area contributed by atoms with Crippen molar-refractivity contribution < 1.29 is 14.3 Å². The maximum Gasteiger partial charge on any atom is 0.268 e. The molecule has 1 aliphatic heterocycles. The molecule has 6 heteroatoms. The highest BCUT2D eigenvalue weighted by Crippen LogP contribution is 2.38. The maximum atomic E-state index is 13.1. The molecule has 0 spiro atoms. The zero-order valence-corrected chi connectivity index (χ0v) is 19.2. The number of hydrogen-bond acceptors (Lipinski definition) is 4. The van der Waals surface area contributed by atoms with Crippen molar-refractivity contribution in [3.63, 3.8) is 0 Å². The van der Waals surface area contributed by atoms with Crippen LogP contribution in [0, 0.1) is 18.3 Å². The predicted octanol–water partition coefficient (Wildman–Crippen LogP) is 5.73. The number of ether oxygens (including phenoxy) is 2. The van der Waals surface area contributed by atoms with Crippen molar-refractivity contribution in [1.82, 2.24) is 0 Å². The largest absolute Gasteiger partial charge is 0.493 e. The van der Waals surface area contributed by atoms with E-state index in [1.54, 1.807) is 17.0 Å². The van der Waals surface area contributed by atoms with Gasteiger partial charge in [0, 0.05) is 12.2 Å². The molecular weight excluding hydrogens is 436 g/mol. The van der Waals surface area contributed by atoms with Crippen LogP contribution < -0.4 is 14.4 Å². The fourth-order valence-corrected chi connectivity index (χ4v) is 4.16. The number of nitrogens with zero attached hydrogens (tertiary/aromatic N) is 2. The van der Waals surface area contributed by atoms with Gasteiger partial charge in [0.25, 0.3) is 5.91 Å². The summed E-state index contributed by atoms with van der Waals surface area (Å²) in [6.07, 6.45) is 2.30. The highest BCUT2D eigenvalue weighted by Gasteiger charge is 2.26. The van der Waals surface area contributed by atoms with Gasteiger partial charge < -0.3 is 14.4 Å². The summed E-state index contributed by atoms with van der Waals surface area (Å²) < 4.78 is 11.5. The molecule has 1 amide bonds. The van der Waals surface area contributed by atoms with Crippen LogP contribution >= 0.6 is 11.6 Å². The molecule has 0 aliphatic carbocycles. The fraction of sp³-hybridized carbons (Fsp3) is 0.185. The molecule has 3 aromatic carbocycles. The van der Waals surface area contributed by atoms with Crippen LogP contribution in [0.1, 0.15) is 22.3 Å². The molecule has 0 aromatic heterocycles. The Hall–Kier alpha value is -3.75. The van der Waals surface area contributed by atoms with Crippen LogP contribution in [0.5, 0.6) is 11.5 Å². The second-order valence-electron chi connectivity index (χ2n) is 7.75. The van der Waals surface area contributed by atoms with E-state index >= 15 is 0 Å². The van der Waals surface area contributed by atoms with Gasteiger partial charge in [-0.05, 0) is 59.9 Å². The van der Waals surface area contributed by atoms with Crippen molar-refractivity contribution in [3.05, 3.63) is 93.5 Å².